The summed E-state index contributed by atoms with van der Waals surface area (Å²) in [6.45, 7) is 7.89. The zero-order chi connectivity index (χ0) is 9.28. The third kappa shape index (κ3) is 25.7. The topological polar surface area (TPSA) is 21.3 Å². The summed E-state index contributed by atoms with van der Waals surface area (Å²) in [5.74, 6) is 0. The molecule has 0 fully saturated rings. The van der Waals surface area contributed by atoms with E-state index in [1.807, 2.05) is 21.0 Å². The predicted octanol–water partition coefficient (Wildman–Crippen LogP) is 2.00. The molecule has 0 rings (SSSR count). The Kier molecular flexibility index (Phi) is 12.2. The second-order valence-corrected chi connectivity index (χ2v) is 2.93. The molecule has 11 heavy (non-hydrogen) atoms. The molecule has 0 heterocycles. The molecule has 0 saturated carbocycles. The molecule has 68 valence electrons. The van der Waals surface area contributed by atoms with Crippen LogP contribution in [0.3, 0.4) is 0 Å². The van der Waals surface area contributed by atoms with Crippen LogP contribution in [0, 0.1) is 0 Å². The maximum absolute atomic E-state index is 5.46. The quantitative estimate of drug-likeness (QED) is 0.529. The Bertz CT molecular complexity index is 94.1. The zero-order valence-corrected chi connectivity index (χ0v) is 8.53. The number of hydrogen-bond acceptors (Lipinski definition) is 2. The first-order chi connectivity index (χ1) is 5.04. The molecule has 3 heteroatoms. The molecule has 1 atom stereocenters. The number of nitrogens with one attached hydrogen (secondary N) is 1. The molecule has 0 aliphatic carbocycles. The molecule has 0 spiro atoms. The van der Waals surface area contributed by atoms with Crippen molar-refractivity contribution in [2.45, 2.75) is 19.4 Å². The van der Waals surface area contributed by atoms with Crippen molar-refractivity contribution in [3.05, 3.63) is 12.2 Å². The van der Waals surface area contributed by atoms with Gasteiger partial charge in [0.15, 0.2) is 0 Å². The summed E-state index contributed by atoms with van der Waals surface area (Å²) in [4.78, 5) is 0. The van der Waals surface area contributed by atoms with Crippen LogP contribution in [0.2, 0.25) is 0 Å². The smallest absolute Gasteiger partial charge is 0.128 e. The van der Waals surface area contributed by atoms with E-state index in [1.54, 1.807) is 6.92 Å². The van der Waals surface area contributed by atoms with Gasteiger partial charge in [0, 0.05) is 0 Å². The Hall–Kier alpha value is -0.0500. The highest BCUT2D eigenvalue weighted by atomic mass is 35.5. The first-order valence-electron chi connectivity index (χ1n) is 3.53. The fourth-order valence-corrected chi connectivity index (χ4v) is 0.320. The van der Waals surface area contributed by atoms with Crippen molar-refractivity contribution in [3.8, 4) is 0 Å². The van der Waals surface area contributed by atoms with E-state index in [9.17, 15) is 0 Å². The van der Waals surface area contributed by atoms with Crippen LogP contribution in [0.25, 0.3) is 0 Å². The molecule has 0 aromatic heterocycles. The zero-order valence-electron chi connectivity index (χ0n) is 7.78. The molecule has 0 bridgehead atoms. The van der Waals surface area contributed by atoms with Crippen LogP contribution < -0.4 is 5.32 Å². The van der Waals surface area contributed by atoms with Gasteiger partial charge < -0.3 is 10.1 Å². The highest BCUT2D eigenvalue weighted by Crippen LogP contribution is 1.97. The molecule has 0 saturated heterocycles. The number of halogens is 1. The van der Waals surface area contributed by atoms with Crippen molar-refractivity contribution in [3.63, 3.8) is 0 Å². The molecule has 0 amide bonds. The third-order valence-electron chi connectivity index (χ3n) is 0.559. The van der Waals surface area contributed by atoms with Crippen molar-refractivity contribution in [1.82, 2.24) is 5.32 Å². The Morgan fingerprint density at radius 1 is 1.64 bits per heavy atom. The average Bonchev–Trinajstić information content (AvgIpc) is 1.85. The summed E-state index contributed by atoms with van der Waals surface area (Å²) in [5, 5.41) is 2.75. The van der Waals surface area contributed by atoms with Crippen LogP contribution in [0.5, 0.6) is 0 Å². The van der Waals surface area contributed by atoms with Gasteiger partial charge in [-0.25, -0.2) is 0 Å². The molecule has 0 aliphatic rings. The first-order valence-corrected chi connectivity index (χ1v) is 3.96. The molecule has 0 aromatic carbocycles. The van der Waals surface area contributed by atoms with Gasteiger partial charge in [0.2, 0.25) is 0 Å². The van der Waals surface area contributed by atoms with E-state index in [0.717, 1.165) is 5.57 Å². The normalized spacial score (nSPS) is 11.4. The molecule has 0 radical (unpaired) electrons. The number of alkyl halides is 1. The Morgan fingerprint density at radius 3 is 2.09 bits per heavy atom. The van der Waals surface area contributed by atoms with Gasteiger partial charge in [0.25, 0.3) is 0 Å². The van der Waals surface area contributed by atoms with Gasteiger partial charge in [-0.3, -0.25) is 0 Å². The summed E-state index contributed by atoms with van der Waals surface area (Å²) in [6.07, 6.45) is 0. The lowest BCUT2D eigenvalue weighted by atomic mass is 10.4. The third-order valence-corrected chi connectivity index (χ3v) is 0.685. The van der Waals surface area contributed by atoms with Gasteiger partial charge in [-0.1, -0.05) is 23.8 Å². The second-order valence-electron chi connectivity index (χ2n) is 2.31. The molecule has 1 unspecified atom stereocenters. The van der Waals surface area contributed by atoms with Crippen molar-refractivity contribution < 1.29 is 4.74 Å². The molecule has 2 nitrogen and oxygen atoms in total. The van der Waals surface area contributed by atoms with Gasteiger partial charge in [-0.2, -0.15) is 0 Å². The van der Waals surface area contributed by atoms with Gasteiger partial charge in [0.1, 0.15) is 5.56 Å². The molecular weight excluding hydrogens is 162 g/mol. The van der Waals surface area contributed by atoms with E-state index in [1.165, 1.54) is 0 Å². The monoisotopic (exact) mass is 179 g/mol. The highest BCUT2D eigenvalue weighted by molar-refractivity contribution is 6.19. The lowest BCUT2D eigenvalue weighted by molar-refractivity contribution is 0.141. The Labute approximate surface area is 74.6 Å². The largest absolute Gasteiger partial charge is 0.358 e. The van der Waals surface area contributed by atoms with Crippen molar-refractivity contribution in [2.75, 3.05) is 20.7 Å². The van der Waals surface area contributed by atoms with E-state index < -0.39 is 0 Å². The van der Waals surface area contributed by atoms with Crippen molar-refractivity contribution in [2.24, 2.45) is 0 Å². The lowest BCUT2D eigenvalue weighted by Crippen LogP contribution is -2.00. The van der Waals surface area contributed by atoms with Gasteiger partial charge in [-0.15, -0.1) is 0 Å². The number of ether oxygens (including phenoxy) is 1. The van der Waals surface area contributed by atoms with Crippen molar-refractivity contribution >= 4 is 11.6 Å². The highest BCUT2D eigenvalue weighted by Gasteiger charge is 1.92. The summed E-state index contributed by atoms with van der Waals surface area (Å²) in [5.41, 5.74) is 0.796. The van der Waals surface area contributed by atoms with Crippen LogP contribution in [0.1, 0.15) is 13.8 Å². The van der Waals surface area contributed by atoms with Crippen LogP contribution in [-0.4, -0.2) is 26.3 Å². The van der Waals surface area contributed by atoms with E-state index in [2.05, 4.69) is 11.9 Å². The minimum Gasteiger partial charge on any atom is -0.358 e. The maximum atomic E-state index is 5.46. The SMILES string of the molecule is C=C(C)COC(C)Cl.CNC. The summed E-state index contributed by atoms with van der Waals surface area (Å²) in [7, 11) is 3.75. The fourth-order valence-electron chi connectivity index (χ4n) is 0.257. The van der Waals surface area contributed by atoms with Crippen molar-refractivity contribution in [1.29, 1.82) is 0 Å². The minimum atomic E-state index is -0.202. The van der Waals surface area contributed by atoms with Gasteiger partial charge in [0.05, 0.1) is 6.61 Å². The van der Waals surface area contributed by atoms with Crippen LogP contribution >= 0.6 is 11.6 Å². The minimum absolute atomic E-state index is 0.202. The maximum Gasteiger partial charge on any atom is 0.128 e. The van der Waals surface area contributed by atoms with Gasteiger partial charge >= 0.3 is 0 Å². The molecular formula is C8H18ClNO. The Balaban J connectivity index is 0. The summed E-state index contributed by atoms with van der Waals surface area (Å²) in [6, 6.07) is 0. The van der Waals surface area contributed by atoms with E-state index in [4.69, 9.17) is 16.3 Å². The first kappa shape index (κ1) is 13.5. The van der Waals surface area contributed by atoms with Crippen LogP contribution in [-0.2, 0) is 4.74 Å². The van der Waals surface area contributed by atoms with Crippen LogP contribution in [0.15, 0.2) is 12.2 Å². The number of hydrogen-bond donors (Lipinski definition) is 1. The van der Waals surface area contributed by atoms with E-state index >= 15 is 0 Å². The average molecular weight is 180 g/mol. The Morgan fingerprint density at radius 2 is 2.00 bits per heavy atom. The van der Waals surface area contributed by atoms with E-state index in [-0.39, 0.29) is 5.56 Å². The van der Waals surface area contributed by atoms with Crippen LogP contribution in [0.4, 0.5) is 0 Å². The predicted molar refractivity (Wildman–Crippen MR) is 51.1 cm³/mol. The molecule has 0 aromatic rings. The standard InChI is InChI=1S/C6H11ClO.C2H7N/c1-5(2)4-8-6(3)7;1-3-2/h6H,1,4H2,2-3H3;3H,1-2H3. The number of rotatable bonds is 3. The molecule has 1 N–H and O–H groups in total. The lowest BCUT2D eigenvalue weighted by Gasteiger charge is -2.03. The summed E-state index contributed by atoms with van der Waals surface area (Å²) < 4.78 is 4.97. The van der Waals surface area contributed by atoms with Gasteiger partial charge in [-0.05, 0) is 27.9 Å². The molecule has 0 aliphatic heterocycles. The fraction of sp³-hybridized carbons (Fsp3) is 0.750. The van der Waals surface area contributed by atoms with E-state index in [0.29, 0.717) is 6.61 Å². The second kappa shape index (κ2) is 9.95. The summed E-state index contributed by atoms with van der Waals surface area (Å²) >= 11 is 5.46.